The molecule has 0 heterocycles. The van der Waals surface area contributed by atoms with Gasteiger partial charge in [-0.15, -0.1) is 0 Å². The van der Waals surface area contributed by atoms with Crippen LogP contribution in [0, 0.1) is 5.92 Å². The number of ether oxygens (including phenoxy) is 2. The van der Waals surface area contributed by atoms with E-state index in [-0.39, 0.29) is 17.4 Å². The molecule has 0 saturated heterocycles. The molecule has 0 spiro atoms. The number of carbonyl (C=O) groups excluding carboxylic acids is 2. The molecule has 1 unspecified atom stereocenters. The van der Waals surface area contributed by atoms with Gasteiger partial charge in [-0.2, -0.15) is 0 Å². The predicted molar refractivity (Wildman–Crippen MR) is 156 cm³/mol. The van der Waals surface area contributed by atoms with Crippen molar-refractivity contribution in [3.05, 3.63) is 0 Å². The average molecular weight is 527 g/mol. The molecule has 0 aliphatic heterocycles. The first-order valence-corrected chi connectivity index (χ1v) is 15.1. The Morgan fingerprint density at radius 3 is 1.78 bits per heavy atom. The lowest BCUT2D eigenvalue weighted by Crippen LogP contribution is -2.47. The van der Waals surface area contributed by atoms with E-state index >= 15 is 0 Å². The first kappa shape index (κ1) is 35.7. The van der Waals surface area contributed by atoms with Gasteiger partial charge >= 0.3 is 6.09 Å². The van der Waals surface area contributed by atoms with Gasteiger partial charge in [-0.05, 0) is 74.1 Å². The molecule has 0 bridgehead atoms. The second-order valence-corrected chi connectivity index (χ2v) is 13.0. The summed E-state index contributed by atoms with van der Waals surface area (Å²) in [5.74, 6) is 0.343. The molecular formula is C31H62N2O4. The Labute approximate surface area is 229 Å². The smallest absolute Gasteiger partial charge is 0.408 e. The molecule has 0 rings (SSSR count). The Morgan fingerprint density at radius 2 is 1.24 bits per heavy atom. The van der Waals surface area contributed by atoms with Crippen LogP contribution in [0.1, 0.15) is 152 Å². The highest BCUT2D eigenvalue weighted by atomic mass is 16.6. The number of hydrogen-bond donors (Lipinski definition) is 2. The summed E-state index contributed by atoms with van der Waals surface area (Å²) in [5.41, 5.74) is -1.31. The van der Waals surface area contributed by atoms with Crippen molar-refractivity contribution in [3.63, 3.8) is 0 Å². The zero-order chi connectivity index (χ0) is 28.4. The lowest BCUT2D eigenvalue weighted by Gasteiger charge is -2.31. The van der Waals surface area contributed by atoms with E-state index in [1.807, 2.05) is 34.6 Å². The van der Waals surface area contributed by atoms with E-state index in [2.05, 4.69) is 38.3 Å². The lowest BCUT2D eigenvalue weighted by atomic mass is 9.93. The molecule has 37 heavy (non-hydrogen) atoms. The van der Waals surface area contributed by atoms with E-state index < -0.39 is 17.2 Å². The number of unbranched alkanes of at least 4 members (excludes halogenated alkanes) is 8. The minimum atomic E-state index is -0.522. The van der Waals surface area contributed by atoms with Gasteiger partial charge in [-0.25, -0.2) is 4.79 Å². The van der Waals surface area contributed by atoms with Crippen molar-refractivity contribution in [1.29, 1.82) is 0 Å². The van der Waals surface area contributed by atoms with Gasteiger partial charge in [0.2, 0.25) is 5.91 Å². The molecule has 0 radical (unpaired) electrons. The third-order valence-electron chi connectivity index (χ3n) is 6.77. The second-order valence-electron chi connectivity index (χ2n) is 13.0. The van der Waals surface area contributed by atoms with E-state index in [1.54, 1.807) is 0 Å². The molecule has 2 amide bonds. The molecule has 0 aliphatic rings. The van der Waals surface area contributed by atoms with E-state index in [9.17, 15) is 9.59 Å². The standard InChI is InChI=1S/C31H62N2O4/c1-10-12-14-16-17-19-21-26(20-18-15-13-11-2)27(34)32-24-22-31(8,9)36-25-23-30(6,7)33-28(35)37-29(3,4)5/h26H,10-25H2,1-9H3,(H,32,34)(H,33,35). The van der Waals surface area contributed by atoms with Crippen LogP contribution in [0.5, 0.6) is 0 Å². The van der Waals surface area contributed by atoms with Crippen molar-refractivity contribution in [2.75, 3.05) is 13.2 Å². The molecule has 0 saturated carbocycles. The van der Waals surface area contributed by atoms with Crippen LogP contribution in [0.25, 0.3) is 0 Å². The molecule has 6 nitrogen and oxygen atoms in total. The Balaban J connectivity index is 4.48. The van der Waals surface area contributed by atoms with Crippen LogP contribution in [0.4, 0.5) is 4.79 Å². The lowest BCUT2D eigenvalue weighted by molar-refractivity contribution is -0.125. The normalized spacial score (nSPS) is 13.3. The fourth-order valence-electron chi connectivity index (χ4n) is 4.32. The number of nitrogens with one attached hydrogen (secondary N) is 2. The van der Waals surface area contributed by atoms with Crippen LogP contribution in [-0.4, -0.2) is 41.9 Å². The largest absolute Gasteiger partial charge is 0.444 e. The van der Waals surface area contributed by atoms with Gasteiger partial charge < -0.3 is 20.1 Å². The van der Waals surface area contributed by atoms with Crippen molar-refractivity contribution < 1.29 is 19.1 Å². The SMILES string of the molecule is CCCCCCCCC(CCCCCC)C(=O)NCCC(C)(C)OCCC(C)(C)NC(=O)OC(C)(C)C. The fraction of sp³-hybridized carbons (Fsp3) is 0.935. The quantitative estimate of drug-likeness (QED) is 0.147. The summed E-state index contributed by atoms with van der Waals surface area (Å²) in [7, 11) is 0. The van der Waals surface area contributed by atoms with Gasteiger partial charge in [0, 0.05) is 24.6 Å². The summed E-state index contributed by atoms with van der Waals surface area (Å²) >= 11 is 0. The Hall–Kier alpha value is -1.30. The van der Waals surface area contributed by atoms with Crippen molar-refractivity contribution in [2.45, 2.75) is 169 Å². The molecule has 0 aromatic heterocycles. The highest BCUT2D eigenvalue weighted by Crippen LogP contribution is 2.21. The maximum atomic E-state index is 13.0. The van der Waals surface area contributed by atoms with Crippen LogP contribution >= 0.6 is 0 Å². The minimum absolute atomic E-state index is 0.131. The molecule has 0 fully saturated rings. The van der Waals surface area contributed by atoms with Crippen LogP contribution in [0.15, 0.2) is 0 Å². The number of amides is 2. The van der Waals surface area contributed by atoms with Gasteiger partial charge in [0.05, 0.1) is 5.60 Å². The summed E-state index contributed by atoms with van der Waals surface area (Å²) in [5, 5.41) is 6.13. The average Bonchev–Trinajstić information content (AvgIpc) is 2.75. The Kier molecular flexibility index (Phi) is 18.2. The predicted octanol–water partition coefficient (Wildman–Crippen LogP) is 8.32. The fourth-order valence-corrected chi connectivity index (χ4v) is 4.32. The van der Waals surface area contributed by atoms with Crippen molar-refractivity contribution in [3.8, 4) is 0 Å². The molecule has 220 valence electrons. The third kappa shape index (κ3) is 21.3. The number of alkyl carbamates (subject to hydrolysis) is 1. The Morgan fingerprint density at radius 1 is 0.730 bits per heavy atom. The highest BCUT2D eigenvalue weighted by Gasteiger charge is 2.26. The highest BCUT2D eigenvalue weighted by molar-refractivity contribution is 5.78. The first-order chi connectivity index (χ1) is 17.2. The molecule has 2 N–H and O–H groups in total. The monoisotopic (exact) mass is 526 g/mol. The molecule has 0 aromatic rings. The zero-order valence-electron chi connectivity index (χ0n) is 26.0. The summed E-state index contributed by atoms with van der Waals surface area (Å²) in [6.07, 6.45) is 15.4. The number of carbonyl (C=O) groups is 2. The second kappa shape index (κ2) is 18.9. The van der Waals surface area contributed by atoms with E-state index in [4.69, 9.17) is 9.47 Å². The van der Waals surface area contributed by atoms with Crippen molar-refractivity contribution in [2.24, 2.45) is 5.92 Å². The number of hydrogen-bond acceptors (Lipinski definition) is 4. The van der Waals surface area contributed by atoms with E-state index in [0.29, 0.717) is 19.6 Å². The molecular weight excluding hydrogens is 464 g/mol. The van der Waals surface area contributed by atoms with E-state index in [0.717, 1.165) is 32.1 Å². The first-order valence-electron chi connectivity index (χ1n) is 15.1. The molecule has 0 aromatic carbocycles. The molecule has 0 aliphatic carbocycles. The maximum absolute atomic E-state index is 13.0. The summed E-state index contributed by atoms with van der Waals surface area (Å²) in [6, 6.07) is 0. The van der Waals surface area contributed by atoms with Crippen LogP contribution in [-0.2, 0) is 14.3 Å². The van der Waals surface area contributed by atoms with Crippen LogP contribution < -0.4 is 10.6 Å². The van der Waals surface area contributed by atoms with Crippen LogP contribution in [0.2, 0.25) is 0 Å². The van der Waals surface area contributed by atoms with Gasteiger partial charge in [0.15, 0.2) is 0 Å². The summed E-state index contributed by atoms with van der Waals surface area (Å²) in [4.78, 5) is 25.1. The molecule has 1 atom stereocenters. The van der Waals surface area contributed by atoms with Crippen LogP contribution in [0.3, 0.4) is 0 Å². The zero-order valence-corrected chi connectivity index (χ0v) is 26.0. The van der Waals surface area contributed by atoms with Crippen molar-refractivity contribution in [1.82, 2.24) is 10.6 Å². The van der Waals surface area contributed by atoms with Crippen molar-refractivity contribution >= 4 is 12.0 Å². The molecule has 6 heteroatoms. The van der Waals surface area contributed by atoms with Gasteiger partial charge in [0.1, 0.15) is 5.60 Å². The summed E-state index contributed by atoms with van der Waals surface area (Å²) < 4.78 is 11.5. The number of rotatable bonds is 21. The maximum Gasteiger partial charge on any atom is 0.408 e. The Bertz CT molecular complexity index is 611. The van der Waals surface area contributed by atoms with Gasteiger partial charge in [-0.3, -0.25) is 4.79 Å². The topological polar surface area (TPSA) is 76.7 Å². The van der Waals surface area contributed by atoms with Gasteiger partial charge in [-0.1, -0.05) is 78.1 Å². The minimum Gasteiger partial charge on any atom is -0.444 e. The summed E-state index contributed by atoms with van der Waals surface area (Å²) in [6.45, 7) is 19.2. The third-order valence-corrected chi connectivity index (χ3v) is 6.77. The van der Waals surface area contributed by atoms with E-state index in [1.165, 1.54) is 51.4 Å². The van der Waals surface area contributed by atoms with Gasteiger partial charge in [0.25, 0.3) is 0 Å².